The standard InChI is InChI=1S/C17H32N2O2S/c1-17(2,3)21-16(20)19-11-6-5-8-13(19)12-18-14-9-7-10-15(14)22-4/h13-15,18H,5-12H2,1-4H3. The number of amides is 1. The van der Waals surface area contributed by atoms with E-state index >= 15 is 0 Å². The first-order valence-electron chi connectivity index (χ1n) is 8.66. The van der Waals surface area contributed by atoms with Gasteiger partial charge in [-0.05, 0) is 59.1 Å². The first-order valence-corrected chi connectivity index (χ1v) is 9.95. The Hall–Kier alpha value is -0.420. The van der Waals surface area contributed by atoms with Gasteiger partial charge in [-0.1, -0.05) is 6.42 Å². The third-order valence-electron chi connectivity index (χ3n) is 4.63. The summed E-state index contributed by atoms with van der Waals surface area (Å²) in [6, 6.07) is 0.893. The number of piperidine rings is 1. The summed E-state index contributed by atoms with van der Waals surface area (Å²) in [5, 5.41) is 4.46. The fourth-order valence-electron chi connectivity index (χ4n) is 3.50. The molecule has 5 heteroatoms. The van der Waals surface area contributed by atoms with Crippen LogP contribution in [0.3, 0.4) is 0 Å². The lowest BCUT2D eigenvalue weighted by Gasteiger charge is -2.37. The minimum Gasteiger partial charge on any atom is -0.444 e. The molecule has 3 atom stereocenters. The van der Waals surface area contributed by atoms with E-state index in [4.69, 9.17) is 4.74 Å². The van der Waals surface area contributed by atoms with E-state index in [1.54, 1.807) is 0 Å². The highest BCUT2D eigenvalue weighted by molar-refractivity contribution is 7.99. The summed E-state index contributed by atoms with van der Waals surface area (Å²) >= 11 is 1.97. The van der Waals surface area contributed by atoms with Gasteiger partial charge < -0.3 is 15.0 Å². The average molecular weight is 329 g/mol. The van der Waals surface area contributed by atoms with Gasteiger partial charge in [-0.2, -0.15) is 11.8 Å². The molecule has 2 rings (SSSR count). The molecule has 0 aromatic heterocycles. The van der Waals surface area contributed by atoms with Crippen LogP contribution in [0.1, 0.15) is 59.3 Å². The predicted octanol–water partition coefficient (Wildman–Crippen LogP) is 3.65. The Kier molecular flexibility index (Phi) is 6.45. The smallest absolute Gasteiger partial charge is 0.410 e. The maximum absolute atomic E-state index is 12.4. The Balaban J connectivity index is 1.88. The number of hydrogen-bond acceptors (Lipinski definition) is 4. The van der Waals surface area contributed by atoms with Gasteiger partial charge in [-0.25, -0.2) is 4.79 Å². The molecule has 2 aliphatic rings. The molecule has 1 heterocycles. The fourth-order valence-corrected chi connectivity index (χ4v) is 4.47. The highest BCUT2D eigenvalue weighted by Crippen LogP contribution is 2.29. The van der Waals surface area contributed by atoms with E-state index in [2.05, 4.69) is 11.6 Å². The lowest BCUT2D eigenvalue weighted by molar-refractivity contribution is 0.00969. The molecule has 1 aliphatic carbocycles. The molecule has 0 aromatic rings. The van der Waals surface area contributed by atoms with Crippen LogP contribution in [0.25, 0.3) is 0 Å². The van der Waals surface area contributed by atoms with E-state index in [0.717, 1.165) is 31.2 Å². The SMILES string of the molecule is CSC1CCCC1NCC1CCCCN1C(=O)OC(C)(C)C. The van der Waals surface area contributed by atoms with Crippen LogP contribution in [-0.4, -0.2) is 53.3 Å². The van der Waals surface area contributed by atoms with Crippen LogP contribution >= 0.6 is 11.8 Å². The molecule has 1 aliphatic heterocycles. The normalized spacial score (nSPS) is 29.6. The molecule has 128 valence electrons. The van der Waals surface area contributed by atoms with Crippen molar-refractivity contribution in [2.24, 2.45) is 0 Å². The molecule has 1 amide bonds. The van der Waals surface area contributed by atoms with Gasteiger partial charge in [0.2, 0.25) is 0 Å². The number of nitrogens with one attached hydrogen (secondary N) is 1. The fraction of sp³-hybridized carbons (Fsp3) is 0.941. The zero-order valence-electron chi connectivity index (χ0n) is 14.6. The minimum atomic E-state index is -0.415. The number of hydrogen-bond donors (Lipinski definition) is 1. The molecule has 1 saturated carbocycles. The highest BCUT2D eigenvalue weighted by atomic mass is 32.2. The van der Waals surface area contributed by atoms with E-state index in [1.807, 2.05) is 37.4 Å². The van der Waals surface area contributed by atoms with Gasteiger partial charge in [0.1, 0.15) is 5.60 Å². The van der Waals surface area contributed by atoms with Gasteiger partial charge in [0.15, 0.2) is 0 Å². The Morgan fingerprint density at radius 1 is 1.23 bits per heavy atom. The molecule has 1 N–H and O–H groups in total. The first-order chi connectivity index (χ1) is 10.4. The van der Waals surface area contributed by atoms with Gasteiger partial charge in [0.05, 0.1) is 0 Å². The van der Waals surface area contributed by atoms with Crippen LogP contribution in [0.2, 0.25) is 0 Å². The van der Waals surface area contributed by atoms with Gasteiger partial charge in [0, 0.05) is 30.4 Å². The lowest BCUT2D eigenvalue weighted by Crippen LogP contribution is -2.52. The zero-order chi connectivity index (χ0) is 16.2. The summed E-state index contributed by atoms with van der Waals surface area (Å²) in [6.07, 6.45) is 9.36. The molecule has 0 radical (unpaired) electrons. The van der Waals surface area contributed by atoms with E-state index in [-0.39, 0.29) is 12.1 Å². The number of thioether (sulfide) groups is 1. The van der Waals surface area contributed by atoms with Gasteiger partial charge in [-0.3, -0.25) is 0 Å². The topological polar surface area (TPSA) is 41.6 Å². The molecule has 22 heavy (non-hydrogen) atoms. The third kappa shape index (κ3) is 5.05. The number of likely N-dealkylation sites (tertiary alicyclic amines) is 1. The molecular weight excluding hydrogens is 296 g/mol. The summed E-state index contributed by atoms with van der Waals surface area (Å²) in [5.41, 5.74) is -0.415. The van der Waals surface area contributed by atoms with Crippen molar-refractivity contribution in [1.82, 2.24) is 10.2 Å². The highest BCUT2D eigenvalue weighted by Gasteiger charge is 2.32. The second-order valence-electron chi connectivity index (χ2n) is 7.54. The second-order valence-corrected chi connectivity index (χ2v) is 8.62. The van der Waals surface area contributed by atoms with Crippen LogP contribution in [0.4, 0.5) is 4.79 Å². The maximum Gasteiger partial charge on any atom is 0.410 e. The van der Waals surface area contributed by atoms with Crippen LogP contribution in [0, 0.1) is 0 Å². The molecule has 0 spiro atoms. The molecule has 3 unspecified atom stereocenters. The van der Waals surface area contributed by atoms with Crippen molar-refractivity contribution in [2.45, 2.75) is 82.2 Å². The van der Waals surface area contributed by atoms with Gasteiger partial charge in [-0.15, -0.1) is 0 Å². The molecule has 0 aromatic carbocycles. The number of carbonyl (C=O) groups is 1. The van der Waals surface area contributed by atoms with Crippen LogP contribution < -0.4 is 5.32 Å². The Labute approximate surface area is 139 Å². The predicted molar refractivity (Wildman–Crippen MR) is 93.5 cm³/mol. The summed E-state index contributed by atoms with van der Waals surface area (Å²) < 4.78 is 5.58. The summed E-state index contributed by atoms with van der Waals surface area (Å²) in [5.74, 6) is 0. The maximum atomic E-state index is 12.4. The molecule has 2 fully saturated rings. The zero-order valence-corrected chi connectivity index (χ0v) is 15.4. The van der Waals surface area contributed by atoms with Crippen LogP contribution in [-0.2, 0) is 4.74 Å². The van der Waals surface area contributed by atoms with Gasteiger partial charge in [0.25, 0.3) is 0 Å². The minimum absolute atomic E-state index is 0.146. The molecule has 1 saturated heterocycles. The van der Waals surface area contributed by atoms with E-state index in [9.17, 15) is 4.79 Å². The van der Waals surface area contributed by atoms with Crippen molar-refractivity contribution in [2.75, 3.05) is 19.3 Å². The van der Waals surface area contributed by atoms with E-state index in [1.165, 1.54) is 25.7 Å². The van der Waals surface area contributed by atoms with Crippen molar-refractivity contribution in [3.63, 3.8) is 0 Å². The van der Waals surface area contributed by atoms with Crippen molar-refractivity contribution >= 4 is 17.9 Å². The van der Waals surface area contributed by atoms with Crippen molar-refractivity contribution in [3.05, 3.63) is 0 Å². The first kappa shape index (κ1) is 17.9. The molecule has 0 bridgehead atoms. The van der Waals surface area contributed by atoms with Crippen molar-refractivity contribution < 1.29 is 9.53 Å². The van der Waals surface area contributed by atoms with Crippen molar-refractivity contribution in [3.8, 4) is 0 Å². The Morgan fingerprint density at radius 3 is 2.68 bits per heavy atom. The molecule has 4 nitrogen and oxygen atoms in total. The third-order valence-corrected chi connectivity index (χ3v) is 5.80. The monoisotopic (exact) mass is 328 g/mol. The number of ether oxygens (including phenoxy) is 1. The van der Waals surface area contributed by atoms with Crippen molar-refractivity contribution in [1.29, 1.82) is 0 Å². The average Bonchev–Trinajstić information content (AvgIpc) is 2.91. The lowest BCUT2D eigenvalue weighted by atomic mass is 10.0. The van der Waals surface area contributed by atoms with E-state index in [0.29, 0.717) is 6.04 Å². The second kappa shape index (κ2) is 7.91. The van der Waals surface area contributed by atoms with Gasteiger partial charge >= 0.3 is 6.09 Å². The number of carbonyl (C=O) groups excluding carboxylic acids is 1. The van der Waals surface area contributed by atoms with Crippen LogP contribution in [0.5, 0.6) is 0 Å². The molecular formula is C17H32N2O2S. The largest absolute Gasteiger partial charge is 0.444 e. The Morgan fingerprint density at radius 2 is 2.00 bits per heavy atom. The summed E-state index contributed by atoms with van der Waals surface area (Å²) in [7, 11) is 0. The van der Waals surface area contributed by atoms with E-state index < -0.39 is 5.60 Å². The summed E-state index contributed by atoms with van der Waals surface area (Å²) in [6.45, 7) is 7.54. The quantitative estimate of drug-likeness (QED) is 0.855. The van der Waals surface area contributed by atoms with Crippen LogP contribution in [0.15, 0.2) is 0 Å². The Bertz CT molecular complexity index is 370. The number of rotatable bonds is 4. The number of nitrogens with zero attached hydrogens (tertiary/aromatic N) is 1. The summed E-state index contributed by atoms with van der Waals surface area (Å²) in [4.78, 5) is 14.4.